The van der Waals surface area contributed by atoms with Crippen molar-refractivity contribution in [1.82, 2.24) is 9.88 Å². The van der Waals surface area contributed by atoms with E-state index in [1.54, 1.807) is 19.4 Å². The molecule has 1 aliphatic heterocycles. The van der Waals surface area contributed by atoms with E-state index in [0.29, 0.717) is 12.1 Å². The van der Waals surface area contributed by atoms with Gasteiger partial charge in [0.15, 0.2) is 0 Å². The van der Waals surface area contributed by atoms with Gasteiger partial charge < -0.3 is 15.0 Å². The summed E-state index contributed by atoms with van der Waals surface area (Å²) in [6.45, 7) is 0.512. The quantitative estimate of drug-likeness (QED) is 0.763. The first kappa shape index (κ1) is 16.1. The van der Waals surface area contributed by atoms with Crippen LogP contribution in [0.3, 0.4) is 0 Å². The number of hydrogen-bond acceptors (Lipinski definition) is 4. The molecule has 0 fully saturated rings. The minimum atomic E-state index is -0.328. The fourth-order valence-corrected chi connectivity index (χ4v) is 3.20. The Kier molecular flexibility index (Phi) is 4.27. The van der Waals surface area contributed by atoms with Crippen molar-refractivity contribution < 1.29 is 9.53 Å². The van der Waals surface area contributed by atoms with Gasteiger partial charge in [-0.15, -0.1) is 0 Å². The van der Waals surface area contributed by atoms with Gasteiger partial charge >= 0.3 is 0 Å². The first-order valence-electron chi connectivity index (χ1n) is 8.46. The summed E-state index contributed by atoms with van der Waals surface area (Å²) >= 11 is 0. The number of aromatic nitrogens is 1. The van der Waals surface area contributed by atoms with Gasteiger partial charge in [0.1, 0.15) is 11.9 Å². The summed E-state index contributed by atoms with van der Waals surface area (Å²) in [6.07, 6.45) is 1.39. The molecule has 130 valence electrons. The van der Waals surface area contributed by atoms with Crippen LogP contribution in [0.5, 0.6) is 5.75 Å². The molecule has 1 unspecified atom stereocenters. The number of ether oxygens (including phenoxy) is 1. The highest BCUT2D eigenvalue weighted by molar-refractivity contribution is 5.98. The van der Waals surface area contributed by atoms with E-state index in [2.05, 4.69) is 10.3 Å². The van der Waals surface area contributed by atoms with Gasteiger partial charge in [-0.3, -0.25) is 9.78 Å². The van der Waals surface area contributed by atoms with Crippen LogP contribution in [0, 0.1) is 0 Å². The summed E-state index contributed by atoms with van der Waals surface area (Å²) in [7, 11) is 1.64. The Morgan fingerprint density at radius 3 is 2.73 bits per heavy atom. The normalized spacial score (nSPS) is 15.7. The third kappa shape index (κ3) is 2.99. The van der Waals surface area contributed by atoms with E-state index in [1.165, 1.54) is 0 Å². The monoisotopic (exact) mass is 345 g/mol. The SMILES string of the molecule is COc1cccc(NC2c3ncccc3C(=O)N2Cc2ccccc2)c1. The Bertz CT molecular complexity index is 927. The zero-order chi connectivity index (χ0) is 17.9. The minimum absolute atomic E-state index is 0.0163. The third-order valence-corrected chi connectivity index (χ3v) is 4.47. The molecule has 1 amide bonds. The predicted octanol–water partition coefficient (Wildman–Crippen LogP) is 3.86. The summed E-state index contributed by atoms with van der Waals surface area (Å²) in [5.41, 5.74) is 3.34. The molecule has 1 aliphatic rings. The molecule has 1 aromatic heterocycles. The van der Waals surface area contributed by atoms with Gasteiger partial charge in [-0.05, 0) is 29.8 Å². The van der Waals surface area contributed by atoms with Crippen LogP contribution in [0.4, 0.5) is 5.69 Å². The minimum Gasteiger partial charge on any atom is -0.497 e. The van der Waals surface area contributed by atoms with Gasteiger partial charge in [0.25, 0.3) is 5.91 Å². The van der Waals surface area contributed by atoms with Crippen LogP contribution in [-0.2, 0) is 6.54 Å². The Morgan fingerprint density at radius 2 is 1.92 bits per heavy atom. The molecule has 26 heavy (non-hydrogen) atoms. The van der Waals surface area contributed by atoms with Crippen molar-refractivity contribution in [1.29, 1.82) is 0 Å². The number of pyridine rings is 1. The van der Waals surface area contributed by atoms with Crippen molar-refractivity contribution in [3.63, 3.8) is 0 Å². The number of nitrogens with zero attached hydrogens (tertiary/aromatic N) is 2. The van der Waals surface area contributed by atoms with E-state index in [0.717, 1.165) is 22.7 Å². The second-order valence-corrected chi connectivity index (χ2v) is 6.13. The average molecular weight is 345 g/mol. The first-order chi connectivity index (χ1) is 12.8. The highest BCUT2D eigenvalue weighted by Gasteiger charge is 2.37. The molecule has 2 aromatic carbocycles. The molecule has 3 aromatic rings. The molecule has 0 bridgehead atoms. The van der Waals surface area contributed by atoms with Crippen molar-refractivity contribution >= 4 is 11.6 Å². The van der Waals surface area contributed by atoms with E-state index in [1.807, 2.05) is 65.6 Å². The Morgan fingerprint density at radius 1 is 1.08 bits per heavy atom. The zero-order valence-corrected chi connectivity index (χ0v) is 14.4. The van der Waals surface area contributed by atoms with E-state index in [9.17, 15) is 4.79 Å². The number of hydrogen-bond donors (Lipinski definition) is 1. The lowest BCUT2D eigenvalue weighted by atomic mass is 10.2. The molecule has 1 N–H and O–H groups in total. The van der Waals surface area contributed by atoms with Gasteiger partial charge in [-0.2, -0.15) is 0 Å². The van der Waals surface area contributed by atoms with Crippen molar-refractivity contribution in [3.8, 4) is 5.75 Å². The number of benzene rings is 2. The fraction of sp³-hybridized carbons (Fsp3) is 0.143. The lowest BCUT2D eigenvalue weighted by Gasteiger charge is -2.26. The number of carbonyl (C=O) groups is 1. The summed E-state index contributed by atoms with van der Waals surface area (Å²) in [5.74, 6) is 0.743. The van der Waals surface area contributed by atoms with Gasteiger partial charge in [0, 0.05) is 24.5 Å². The number of nitrogens with one attached hydrogen (secondary N) is 1. The van der Waals surface area contributed by atoms with Crippen molar-refractivity contribution in [3.05, 3.63) is 89.7 Å². The average Bonchev–Trinajstić information content (AvgIpc) is 2.95. The first-order valence-corrected chi connectivity index (χ1v) is 8.46. The second kappa shape index (κ2) is 6.88. The van der Waals surface area contributed by atoms with Gasteiger partial charge in [-0.25, -0.2) is 0 Å². The molecule has 5 heteroatoms. The summed E-state index contributed by atoms with van der Waals surface area (Å²) in [6, 6.07) is 21.3. The summed E-state index contributed by atoms with van der Waals surface area (Å²) in [4.78, 5) is 19.2. The zero-order valence-electron chi connectivity index (χ0n) is 14.4. The molecule has 4 rings (SSSR count). The lowest BCUT2D eigenvalue weighted by Crippen LogP contribution is -2.32. The molecule has 2 heterocycles. The maximum atomic E-state index is 12.9. The van der Waals surface area contributed by atoms with Crippen molar-refractivity contribution in [2.24, 2.45) is 0 Å². The standard InChI is InChI=1S/C21H19N3O2/c1-26-17-10-5-9-16(13-17)23-20-19-18(11-6-12-22-19)21(25)24(20)14-15-7-3-2-4-8-15/h2-13,20,23H,14H2,1H3. The van der Waals surface area contributed by atoms with Crippen LogP contribution in [-0.4, -0.2) is 22.9 Å². The van der Waals surface area contributed by atoms with E-state index in [-0.39, 0.29) is 12.1 Å². The van der Waals surface area contributed by atoms with Gasteiger partial charge in [-0.1, -0.05) is 36.4 Å². The van der Waals surface area contributed by atoms with Crippen molar-refractivity contribution in [2.45, 2.75) is 12.7 Å². The Hall–Kier alpha value is -3.34. The number of rotatable bonds is 5. The molecule has 0 radical (unpaired) electrons. The number of methoxy groups -OCH3 is 1. The smallest absolute Gasteiger partial charge is 0.258 e. The van der Waals surface area contributed by atoms with Crippen LogP contribution in [0.1, 0.15) is 27.8 Å². The number of fused-ring (bicyclic) bond motifs is 1. The lowest BCUT2D eigenvalue weighted by molar-refractivity contribution is 0.0728. The largest absolute Gasteiger partial charge is 0.497 e. The molecule has 0 saturated heterocycles. The van der Waals surface area contributed by atoms with Gasteiger partial charge in [0.05, 0.1) is 18.4 Å². The van der Waals surface area contributed by atoms with Crippen LogP contribution >= 0.6 is 0 Å². The van der Waals surface area contributed by atoms with E-state index in [4.69, 9.17) is 4.74 Å². The maximum Gasteiger partial charge on any atom is 0.258 e. The van der Waals surface area contributed by atoms with Gasteiger partial charge in [0.2, 0.25) is 0 Å². The maximum absolute atomic E-state index is 12.9. The van der Waals surface area contributed by atoms with Crippen molar-refractivity contribution in [2.75, 3.05) is 12.4 Å². The molecule has 0 saturated carbocycles. The van der Waals surface area contributed by atoms with Crippen LogP contribution in [0.15, 0.2) is 72.9 Å². The molecular formula is C21H19N3O2. The Labute approximate surface area is 152 Å². The summed E-state index contributed by atoms with van der Waals surface area (Å²) < 4.78 is 5.30. The second-order valence-electron chi connectivity index (χ2n) is 6.13. The number of carbonyl (C=O) groups excluding carboxylic acids is 1. The highest BCUT2D eigenvalue weighted by Crippen LogP contribution is 2.34. The summed E-state index contributed by atoms with van der Waals surface area (Å²) in [5, 5.41) is 3.44. The van der Waals surface area contributed by atoms with E-state index >= 15 is 0 Å². The van der Waals surface area contributed by atoms with E-state index < -0.39 is 0 Å². The molecular weight excluding hydrogens is 326 g/mol. The number of anilines is 1. The predicted molar refractivity (Wildman–Crippen MR) is 99.9 cm³/mol. The van der Waals surface area contributed by atoms with Crippen LogP contribution in [0.25, 0.3) is 0 Å². The highest BCUT2D eigenvalue weighted by atomic mass is 16.5. The molecule has 0 aliphatic carbocycles. The topological polar surface area (TPSA) is 54.5 Å². The third-order valence-electron chi connectivity index (χ3n) is 4.47. The van der Waals surface area contributed by atoms with Crippen LogP contribution < -0.4 is 10.1 Å². The Balaban J connectivity index is 1.68. The molecule has 0 spiro atoms. The fourth-order valence-electron chi connectivity index (χ4n) is 3.20. The molecule has 1 atom stereocenters. The van der Waals surface area contributed by atoms with Crippen LogP contribution in [0.2, 0.25) is 0 Å². The number of amides is 1. The molecule has 5 nitrogen and oxygen atoms in total.